The van der Waals surface area contributed by atoms with Crippen LogP contribution in [0.25, 0.3) is 21.5 Å². The average Bonchev–Trinajstić information content (AvgIpc) is 3.55. The Morgan fingerprint density at radius 1 is 0.686 bits per heavy atom. The molecule has 0 spiro atoms. The van der Waals surface area contributed by atoms with Crippen molar-refractivity contribution in [3.05, 3.63) is 197 Å². The molecule has 0 radical (unpaired) electrons. The van der Waals surface area contributed by atoms with E-state index in [4.69, 9.17) is 6.57 Å². The first-order valence-corrected chi connectivity index (χ1v) is 18.1. The number of hydrogen-bond donors (Lipinski definition) is 1. The van der Waals surface area contributed by atoms with E-state index in [1.807, 2.05) is 48.5 Å². The molecule has 4 nitrogen and oxygen atoms in total. The molecule has 248 valence electrons. The average molecular weight is 680 g/mol. The molecule has 0 saturated heterocycles. The zero-order valence-corrected chi connectivity index (χ0v) is 29.6. The van der Waals surface area contributed by atoms with E-state index in [1.165, 1.54) is 0 Å². The van der Waals surface area contributed by atoms with Gasteiger partial charge in [-0.25, -0.2) is 4.85 Å². The maximum Gasteiger partial charge on any atom is 0.229 e. The van der Waals surface area contributed by atoms with E-state index in [1.54, 1.807) is 11.3 Å². The largest absolute Gasteiger partial charge is 0.356 e. The van der Waals surface area contributed by atoms with Crippen LogP contribution in [-0.4, -0.2) is 23.4 Å². The van der Waals surface area contributed by atoms with E-state index in [-0.39, 0.29) is 0 Å². The van der Waals surface area contributed by atoms with Crippen LogP contribution in [0.5, 0.6) is 0 Å². The third-order valence-corrected chi connectivity index (χ3v) is 10.1. The number of nitrogens with one attached hydrogen (secondary N) is 1. The lowest BCUT2D eigenvalue weighted by Gasteiger charge is -2.24. The molecule has 1 heterocycles. The third kappa shape index (κ3) is 7.10. The van der Waals surface area contributed by atoms with Crippen molar-refractivity contribution in [2.75, 3.05) is 23.3 Å². The highest BCUT2D eigenvalue weighted by atomic mass is 32.1. The predicted molar refractivity (Wildman–Crippen MR) is 218 cm³/mol. The minimum atomic E-state index is 0.623. The van der Waals surface area contributed by atoms with Crippen LogP contribution in [0.15, 0.2) is 175 Å². The Morgan fingerprint density at radius 2 is 1.25 bits per heavy atom. The van der Waals surface area contributed by atoms with Gasteiger partial charge in [0.25, 0.3) is 0 Å². The first kappa shape index (κ1) is 33.3. The molecule has 5 aromatic carbocycles. The number of rotatable bonds is 10. The molecule has 0 unspecified atom stereocenters. The second kappa shape index (κ2) is 15.6. The van der Waals surface area contributed by atoms with Crippen LogP contribution in [0, 0.1) is 6.57 Å². The lowest BCUT2D eigenvalue weighted by molar-refractivity contribution is -0.434. The number of para-hydroxylation sites is 3. The molecule has 0 saturated carbocycles. The molecule has 1 aliphatic carbocycles. The molecular weight excluding hydrogens is 641 g/mol. The Hall–Kier alpha value is -6.22. The van der Waals surface area contributed by atoms with Gasteiger partial charge in [-0.2, -0.15) is 4.58 Å². The van der Waals surface area contributed by atoms with Gasteiger partial charge in [-0.3, -0.25) is 0 Å². The fraction of sp³-hybridized carbons (Fsp3) is 0.0870. The second-order valence-corrected chi connectivity index (χ2v) is 13.1. The molecular formula is C46H39N4S+. The second-order valence-electron chi connectivity index (χ2n) is 12.1. The van der Waals surface area contributed by atoms with Gasteiger partial charge in [-0.15, -0.1) is 11.3 Å². The lowest BCUT2D eigenvalue weighted by Crippen LogP contribution is -2.15. The number of thiophene rings is 1. The molecule has 0 fully saturated rings. The van der Waals surface area contributed by atoms with Crippen molar-refractivity contribution in [3.63, 3.8) is 0 Å². The number of nitrogens with zero attached hydrogens (tertiary/aromatic N) is 3. The van der Waals surface area contributed by atoms with Crippen molar-refractivity contribution in [1.29, 1.82) is 0 Å². The predicted octanol–water partition coefficient (Wildman–Crippen LogP) is 12.6. The summed E-state index contributed by atoms with van der Waals surface area (Å²) in [5, 5.41) is 4.42. The van der Waals surface area contributed by atoms with E-state index in [2.05, 4.69) is 155 Å². The minimum Gasteiger partial charge on any atom is -0.356 e. The number of anilines is 4. The summed E-state index contributed by atoms with van der Waals surface area (Å²) in [5.74, 6) is 0. The lowest BCUT2D eigenvalue weighted by atomic mass is 9.91. The van der Waals surface area contributed by atoms with Crippen LogP contribution in [0.2, 0.25) is 0 Å². The molecule has 0 amide bonds. The van der Waals surface area contributed by atoms with Crippen LogP contribution in [0.3, 0.4) is 0 Å². The van der Waals surface area contributed by atoms with Crippen molar-refractivity contribution in [2.24, 2.45) is 0 Å². The summed E-state index contributed by atoms with van der Waals surface area (Å²) in [6, 6.07) is 50.3. The Labute approximate surface area is 305 Å². The zero-order valence-electron chi connectivity index (χ0n) is 28.8. The van der Waals surface area contributed by atoms with Gasteiger partial charge >= 0.3 is 0 Å². The normalized spacial score (nSPS) is 12.0. The van der Waals surface area contributed by atoms with Crippen LogP contribution in [-0.2, 0) is 0 Å². The molecule has 1 aliphatic rings. The van der Waals surface area contributed by atoms with Crippen molar-refractivity contribution in [2.45, 2.75) is 13.8 Å². The number of benzene rings is 5. The quantitative estimate of drug-likeness (QED) is 0.115. The molecule has 1 N–H and O–H groups in total. The van der Waals surface area contributed by atoms with Gasteiger partial charge in [0.2, 0.25) is 17.1 Å². The van der Waals surface area contributed by atoms with Crippen molar-refractivity contribution in [3.8, 4) is 11.1 Å². The van der Waals surface area contributed by atoms with Crippen LogP contribution in [0.1, 0.15) is 24.3 Å². The van der Waals surface area contributed by atoms with Gasteiger partial charge in [0, 0.05) is 63.9 Å². The van der Waals surface area contributed by atoms with E-state index < -0.39 is 0 Å². The summed E-state index contributed by atoms with van der Waals surface area (Å²) in [6.45, 7) is 14.5. The molecule has 5 heteroatoms. The standard InChI is InChI=1S/C46H38N4S/c1-4-49(38-22-14-8-15-23-38)40-30-26-35(27-31-40)42(36-28-32-41(33-29-36)50(5-2)39-24-16-9-17-25-39)45-43(34-18-10-6-11-19-34)44(47-3)46(51-45)48-37-20-12-7-13-21-37/h6-33H,4-5H2,1-2H3/p+1. The molecule has 1 aromatic heterocycles. The smallest absolute Gasteiger partial charge is 0.229 e. The van der Waals surface area contributed by atoms with Gasteiger partial charge in [-0.05, 0) is 79.1 Å². The Bertz CT molecular complexity index is 2260. The number of allylic oxidation sites excluding steroid dienone is 5. The summed E-state index contributed by atoms with van der Waals surface area (Å²) < 4.78 is 2.32. The van der Waals surface area contributed by atoms with E-state index in [0.717, 1.165) is 79.3 Å². The Morgan fingerprint density at radius 3 is 1.84 bits per heavy atom. The summed E-state index contributed by atoms with van der Waals surface area (Å²) in [6.07, 6.45) is 8.87. The molecule has 0 aliphatic heterocycles. The monoisotopic (exact) mass is 679 g/mol. The first-order valence-electron chi connectivity index (χ1n) is 17.3. The minimum absolute atomic E-state index is 0.623. The van der Waals surface area contributed by atoms with Crippen molar-refractivity contribution < 1.29 is 4.58 Å². The third-order valence-electron chi connectivity index (χ3n) is 9.02. The maximum atomic E-state index is 8.43. The van der Waals surface area contributed by atoms with E-state index in [0.29, 0.717) is 5.69 Å². The fourth-order valence-electron chi connectivity index (χ4n) is 6.60. The summed E-state index contributed by atoms with van der Waals surface area (Å²) in [4.78, 5) is 7.54. The summed E-state index contributed by atoms with van der Waals surface area (Å²) in [7, 11) is 0. The highest BCUT2D eigenvalue weighted by Crippen LogP contribution is 2.52. The van der Waals surface area contributed by atoms with E-state index >= 15 is 0 Å². The number of hydrogen-bond acceptors (Lipinski definition) is 3. The molecule has 7 rings (SSSR count). The van der Waals surface area contributed by atoms with Crippen LogP contribution < -0.4 is 10.2 Å². The fourth-order valence-corrected chi connectivity index (χ4v) is 7.88. The Balaban J connectivity index is 1.43. The highest BCUT2D eigenvalue weighted by molar-refractivity contribution is 7.18. The first-order chi connectivity index (χ1) is 25.2. The van der Waals surface area contributed by atoms with Crippen LogP contribution >= 0.6 is 11.3 Å². The van der Waals surface area contributed by atoms with Gasteiger partial charge in [0.05, 0.1) is 11.6 Å². The van der Waals surface area contributed by atoms with Gasteiger partial charge < -0.3 is 10.2 Å². The molecule has 0 bridgehead atoms. The van der Waals surface area contributed by atoms with Gasteiger partial charge in [0.15, 0.2) is 0 Å². The maximum absolute atomic E-state index is 8.43. The van der Waals surface area contributed by atoms with Gasteiger partial charge in [0.1, 0.15) is 6.54 Å². The van der Waals surface area contributed by atoms with Gasteiger partial charge in [-0.1, -0.05) is 97.1 Å². The molecule has 0 atom stereocenters. The summed E-state index contributed by atoms with van der Waals surface area (Å²) in [5.41, 5.74) is 11.4. The Kier molecular flexibility index (Phi) is 10.1. The van der Waals surface area contributed by atoms with Crippen molar-refractivity contribution >= 4 is 56.1 Å². The van der Waals surface area contributed by atoms with Crippen molar-refractivity contribution in [1.82, 2.24) is 0 Å². The molecule has 6 aromatic rings. The highest BCUT2D eigenvalue weighted by Gasteiger charge is 2.26. The van der Waals surface area contributed by atoms with E-state index in [9.17, 15) is 0 Å². The molecule has 51 heavy (non-hydrogen) atoms. The zero-order chi connectivity index (χ0) is 35.0. The summed E-state index contributed by atoms with van der Waals surface area (Å²) >= 11 is 1.64. The topological polar surface area (TPSA) is 22.6 Å². The SMILES string of the molecule is [C-]#[N+]c1c(Nc2ccccc2)sc(C(=C2C=CC(=[N+](CC)c3ccccc3)C=C2)c2ccc(N(CC)c3ccccc3)cc2)c1-c1ccccc1. The van der Waals surface area contributed by atoms with Crippen LogP contribution in [0.4, 0.5) is 33.4 Å².